The number of carbonyl (C=O) groups excluding carboxylic acids is 1. The maximum atomic E-state index is 11.7. The molecule has 4 N–H and O–H groups in total. The second-order valence-electron chi connectivity index (χ2n) is 5.22. The van der Waals surface area contributed by atoms with E-state index >= 15 is 0 Å². The van der Waals surface area contributed by atoms with Crippen LogP contribution in [0.2, 0.25) is 0 Å². The summed E-state index contributed by atoms with van der Waals surface area (Å²) in [4.78, 5) is 26.8. The molecule has 1 unspecified atom stereocenters. The summed E-state index contributed by atoms with van der Waals surface area (Å²) in [5.74, 6) is -1.40. The Morgan fingerprint density at radius 1 is 1.30 bits per heavy atom. The molecule has 2 aromatic rings. The van der Waals surface area contributed by atoms with Gasteiger partial charge in [0.05, 0.1) is 17.2 Å². The molecule has 0 aliphatic heterocycles. The van der Waals surface area contributed by atoms with Gasteiger partial charge in [0, 0.05) is 16.6 Å². The summed E-state index contributed by atoms with van der Waals surface area (Å²) in [7, 11) is 0. The van der Waals surface area contributed by atoms with Gasteiger partial charge in [0.15, 0.2) is 5.60 Å². The molecule has 0 spiro atoms. The van der Waals surface area contributed by atoms with Crippen molar-refractivity contribution in [3.63, 3.8) is 0 Å². The lowest BCUT2D eigenvalue weighted by molar-refractivity contribution is -0.155. The predicted molar refractivity (Wildman–Crippen MR) is 87.6 cm³/mol. The fraction of sp³-hybridized carbons (Fsp3) is 0.267. The molecular weight excluding hydrogens is 318 g/mol. The number of nitrogens with one attached hydrogen (secondary N) is 2. The molecule has 0 saturated heterocycles. The number of urea groups is 1. The number of hydrogen-bond donors (Lipinski definition) is 4. The van der Waals surface area contributed by atoms with Crippen molar-refractivity contribution in [3.05, 3.63) is 34.7 Å². The molecule has 0 aliphatic rings. The zero-order valence-corrected chi connectivity index (χ0v) is 13.5. The zero-order valence-electron chi connectivity index (χ0n) is 12.7. The molecule has 2 rings (SSSR count). The van der Waals surface area contributed by atoms with E-state index in [1.54, 1.807) is 23.5 Å². The molecule has 2 amide bonds. The summed E-state index contributed by atoms with van der Waals surface area (Å²) in [5.41, 5.74) is 0.354. The number of rotatable bonds is 5. The minimum absolute atomic E-state index is 0.398. The molecular formula is C15H17N3O4S. The first-order valence-corrected chi connectivity index (χ1v) is 7.69. The summed E-state index contributed by atoms with van der Waals surface area (Å²) in [6.07, 6.45) is 0. The van der Waals surface area contributed by atoms with Crippen molar-refractivity contribution in [1.29, 1.82) is 0 Å². The number of hydrogen-bond acceptors (Lipinski definition) is 5. The molecule has 122 valence electrons. The number of thiazole rings is 1. The average molecular weight is 335 g/mol. The van der Waals surface area contributed by atoms with E-state index in [0.717, 1.165) is 23.2 Å². The van der Waals surface area contributed by atoms with Gasteiger partial charge in [-0.3, -0.25) is 0 Å². The smallest absolute Gasteiger partial charge is 0.337 e. The van der Waals surface area contributed by atoms with Gasteiger partial charge >= 0.3 is 12.0 Å². The topological polar surface area (TPSA) is 112 Å². The quantitative estimate of drug-likeness (QED) is 0.668. The van der Waals surface area contributed by atoms with Crippen LogP contribution in [0.1, 0.15) is 11.9 Å². The third kappa shape index (κ3) is 4.51. The molecule has 8 heteroatoms. The number of nitrogens with zero attached hydrogens (tertiary/aromatic N) is 1. The average Bonchev–Trinajstić information content (AvgIpc) is 2.92. The van der Waals surface area contributed by atoms with Crippen molar-refractivity contribution in [3.8, 4) is 11.3 Å². The summed E-state index contributed by atoms with van der Waals surface area (Å²) < 4.78 is 0. The van der Waals surface area contributed by atoms with E-state index in [1.165, 1.54) is 0 Å². The lowest BCUT2D eigenvalue weighted by Crippen LogP contribution is -2.47. The van der Waals surface area contributed by atoms with Gasteiger partial charge in [0.1, 0.15) is 0 Å². The lowest BCUT2D eigenvalue weighted by atomic mass is 10.1. The highest BCUT2D eigenvalue weighted by Crippen LogP contribution is 2.23. The third-order valence-corrected chi connectivity index (χ3v) is 3.88. The minimum atomic E-state index is -2.01. The number of carboxylic acids is 1. The van der Waals surface area contributed by atoms with Crippen molar-refractivity contribution in [1.82, 2.24) is 10.3 Å². The molecule has 0 fully saturated rings. The fourth-order valence-corrected chi connectivity index (χ4v) is 2.35. The molecule has 0 bridgehead atoms. The van der Waals surface area contributed by atoms with Crippen LogP contribution in [-0.4, -0.2) is 39.3 Å². The molecule has 1 aromatic carbocycles. The number of anilines is 1. The van der Waals surface area contributed by atoms with Gasteiger partial charge < -0.3 is 20.8 Å². The van der Waals surface area contributed by atoms with E-state index < -0.39 is 24.1 Å². The maximum absolute atomic E-state index is 11.7. The van der Waals surface area contributed by atoms with E-state index in [2.05, 4.69) is 15.6 Å². The highest BCUT2D eigenvalue weighted by Gasteiger charge is 2.30. The standard InChI is InChI=1S/C15H17N3O4S/c1-9-17-12(7-23-9)10-3-5-11(6-4-10)18-14(21)16-8-15(2,22)13(19)20/h3-7,22H,8H2,1-2H3,(H,19,20)(H2,16,18,21). The molecule has 0 aliphatic carbocycles. The van der Waals surface area contributed by atoms with Crippen LogP contribution in [0, 0.1) is 6.92 Å². The summed E-state index contributed by atoms with van der Waals surface area (Å²) in [5, 5.41) is 26.1. The molecule has 23 heavy (non-hydrogen) atoms. The molecule has 1 heterocycles. The van der Waals surface area contributed by atoms with Gasteiger partial charge in [-0.25, -0.2) is 14.6 Å². The van der Waals surface area contributed by atoms with Gasteiger partial charge in [0.2, 0.25) is 0 Å². The van der Waals surface area contributed by atoms with Crippen LogP contribution in [0.25, 0.3) is 11.3 Å². The van der Waals surface area contributed by atoms with Crippen molar-refractivity contribution in [2.75, 3.05) is 11.9 Å². The van der Waals surface area contributed by atoms with E-state index in [1.807, 2.05) is 24.4 Å². The largest absolute Gasteiger partial charge is 0.479 e. The number of benzene rings is 1. The Hall–Kier alpha value is -2.45. The first kappa shape index (κ1) is 16.9. The molecule has 1 aromatic heterocycles. The number of aliphatic carboxylic acids is 1. The Kier molecular flexibility index (Phi) is 4.97. The van der Waals surface area contributed by atoms with Gasteiger partial charge in [0.25, 0.3) is 0 Å². The van der Waals surface area contributed by atoms with E-state index in [4.69, 9.17) is 5.11 Å². The van der Waals surface area contributed by atoms with Gasteiger partial charge in [-0.15, -0.1) is 11.3 Å². The molecule has 0 saturated carbocycles. The van der Waals surface area contributed by atoms with E-state index in [0.29, 0.717) is 5.69 Å². The first-order valence-electron chi connectivity index (χ1n) is 6.81. The number of amides is 2. The van der Waals surface area contributed by atoms with E-state index in [-0.39, 0.29) is 0 Å². The fourth-order valence-electron chi connectivity index (χ4n) is 1.72. The van der Waals surface area contributed by atoms with Crippen LogP contribution in [0.4, 0.5) is 10.5 Å². The number of carboxylic acid groups (broad SMARTS) is 1. The number of aromatic nitrogens is 1. The second-order valence-corrected chi connectivity index (χ2v) is 6.28. The van der Waals surface area contributed by atoms with Crippen LogP contribution in [0.5, 0.6) is 0 Å². The van der Waals surface area contributed by atoms with Gasteiger partial charge in [-0.05, 0) is 26.0 Å². The molecule has 7 nitrogen and oxygen atoms in total. The Balaban J connectivity index is 1.93. The zero-order chi connectivity index (χ0) is 17.0. The predicted octanol–water partition coefficient (Wildman–Crippen LogP) is 2.08. The van der Waals surface area contributed by atoms with Crippen molar-refractivity contribution >= 4 is 29.0 Å². The summed E-state index contributed by atoms with van der Waals surface area (Å²) >= 11 is 1.56. The van der Waals surface area contributed by atoms with E-state index in [9.17, 15) is 14.7 Å². The van der Waals surface area contributed by atoms with Crippen LogP contribution in [0.15, 0.2) is 29.6 Å². The van der Waals surface area contributed by atoms with Gasteiger partial charge in [-0.2, -0.15) is 0 Å². The highest BCUT2D eigenvalue weighted by molar-refractivity contribution is 7.09. The van der Waals surface area contributed by atoms with Crippen molar-refractivity contribution in [2.45, 2.75) is 19.4 Å². The molecule has 1 atom stereocenters. The highest BCUT2D eigenvalue weighted by atomic mass is 32.1. The maximum Gasteiger partial charge on any atom is 0.337 e. The van der Waals surface area contributed by atoms with Crippen LogP contribution >= 0.6 is 11.3 Å². The Morgan fingerprint density at radius 3 is 2.48 bits per heavy atom. The first-order chi connectivity index (χ1) is 10.8. The third-order valence-electron chi connectivity index (χ3n) is 3.11. The molecule has 0 radical (unpaired) electrons. The van der Waals surface area contributed by atoms with Crippen LogP contribution in [-0.2, 0) is 4.79 Å². The second kappa shape index (κ2) is 6.76. The number of carbonyl (C=O) groups is 2. The Morgan fingerprint density at radius 2 is 1.96 bits per heavy atom. The Labute approximate surface area is 137 Å². The monoisotopic (exact) mass is 335 g/mol. The number of aryl methyl sites for hydroxylation is 1. The van der Waals surface area contributed by atoms with Gasteiger partial charge in [-0.1, -0.05) is 12.1 Å². The summed E-state index contributed by atoms with van der Waals surface area (Å²) in [6, 6.07) is 6.51. The van der Waals surface area contributed by atoms with Crippen molar-refractivity contribution in [2.24, 2.45) is 0 Å². The lowest BCUT2D eigenvalue weighted by Gasteiger charge is -2.18. The SMILES string of the molecule is Cc1nc(-c2ccc(NC(=O)NCC(C)(O)C(=O)O)cc2)cs1. The Bertz CT molecular complexity index is 710. The summed E-state index contributed by atoms with van der Waals surface area (Å²) in [6.45, 7) is 2.64. The van der Waals surface area contributed by atoms with Crippen molar-refractivity contribution < 1.29 is 19.8 Å². The normalized spacial score (nSPS) is 13.2. The number of aliphatic hydroxyl groups is 1. The van der Waals surface area contributed by atoms with Crippen LogP contribution in [0.3, 0.4) is 0 Å². The van der Waals surface area contributed by atoms with Crippen LogP contribution < -0.4 is 10.6 Å². The minimum Gasteiger partial charge on any atom is -0.479 e.